The number of carbonyl (C=O) groups is 3. The number of furan rings is 1. The van der Waals surface area contributed by atoms with Crippen molar-refractivity contribution >= 4 is 29.1 Å². The van der Waals surface area contributed by atoms with Crippen LogP contribution in [0.4, 0.5) is 4.39 Å². The molecule has 7 heteroatoms. The van der Waals surface area contributed by atoms with Crippen molar-refractivity contribution in [2.24, 2.45) is 0 Å². The van der Waals surface area contributed by atoms with Crippen molar-refractivity contribution in [3.63, 3.8) is 0 Å². The first-order chi connectivity index (χ1) is 12.5. The molecule has 0 bridgehead atoms. The highest BCUT2D eigenvalue weighted by Crippen LogP contribution is 2.21. The van der Waals surface area contributed by atoms with Crippen LogP contribution in [0.25, 0.3) is 0 Å². The highest BCUT2D eigenvalue weighted by Gasteiger charge is 2.27. The first-order valence-electron chi connectivity index (χ1n) is 7.96. The molecule has 5 nitrogen and oxygen atoms in total. The third-order valence-electron chi connectivity index (χ3n) is 3.78. The summed E-state index contributed by atoms with van der Waals surface area (Å²) in [5, 5.41) is 2.30. The maximum Gasteiger partial charge on any atom is 0.296 e. The van der Waals surface area contributed by atoms with Gasteiger partial charge in [0, 0.05) is 6.42 Å². The number of nitrogens with one attached hydrogen (secondary N) is 1. The topological polar surface area (TPSA) is 76.4 Å². The van der Waals surface area contributed by atoms with E-state index in [1.165, 1.54) is 31.2 Å². The maximum absolute atomic E-state index is 13.2. The number of halogens is 2. The number of ketones is 2. The molecule has 2 rings (SSSR count). The van der Waals surface area contributed by atoms with Gasteiger partial charge in [-0.25, -0.2) is 4.39 Å². The lowest BCUT2D eigenvalue weighted by Gasteiger charge is -2.18. The lowest BCUT2D eigenvalue weighted by molar-refractivity contribution is -0.118. The van der Waals surface area contributed by atoms with E-state index in [-0.39, 0.29) is 34.3 Å². The lowest BCUT2D eigenvalue weighted by atomic mass is 10.0. The van der Waals surface area contributed by atoms with E-state index in [1.807, 2.05) is 0 Å². The summed E-state index contributed by atoms with van der Waals surface area (Å²) < 4.78 is 18.5. The first kappa shape index (κ1) is 20.4. The van der Waals surface area contributed by atoms with Gasteiger partial charge in [-0.05, 0) is 44.5 Å². The second-order valence-electron chi connectivity index (χ2n) is 6.48. The van der Waals surface area contributed by atoms with E-state index in [4.69, 9.17) is 22.4 Å². The summed E-state index contributed by atoms with van der Waals surface area (Å²) >= 11 is 5.71. The fourth-order valence-electron chi connectivity index (χ4n) is 2.29. The molecule has 0 radical (unpaired) electrons. The van der Waals surface area contributed by atoms with Crippen LogP contribution in [0.5, 0.6) is 0 Å². The Kier molecular flexibility index (Phi) is 5.87. The molecule has 1 aromatic carbocycles. The number of hydrogen-bond donors (Lipinski definition) is 1. The van der Waals surface area contributed by atoms with Gasteiger partial charge in [-0.3, -0.25) is 14.4 Å². The van der Waals surface area contributed by atoms with Crippen molar-refractivity contribution < 1.29 is 23.2 Å². The van der Waals surface area contributed by atoms with Crippen LogP contribution < -0.4 is 5.32 Å². The number of hydrogen-bond acceptors (Lipinski definition) is 4. The SMILES string of the molecule is C#CC(C)(C)NC(=O)C(=O)c1cc(C(=O)Cc2ccc(F)c(Cl)c2)c(C)o1. The van der Waals surface area contributed by atoms with Gasteiger partial charge in [0.25, 0.3) is 11.7 Å². The monoisotopic (exact) mass is 389 g/mol. The first-order valence-corrected chi connectivity index (χ1v) is 8.34. The quantitative estimate of drug-likeness (QED) is 0.466. The molecule has 0 saturated heterocycles. The van der Waals surface area contributed by atoms with Gasteiger partial charge in [0.1, 0.15) is 11.6 Å². The molecule has 2 aromatic rings. The maximum atomic E-state index is 13.2. The van der Waals surface area contributed by atoms with E-state index in [2.05, 4.69) is 11.2 Å². The Morgan fingerprint density at radius 1 is 1.30 bits per heavy atom. The Balaban J connectivity index is 2.18. The van der Waals surface area contributed by atoms with Gasteiger partial charge in [-0.15, -0.1) is 6.42 Å². The average molecular weight is 390 g/mol. The Bertz CT molecular complexity index is 969. The molecule has 1 amide bonds. The van der Waals surface area contributed by atoms with Crippen LogP contribution in [-0.2, 0) is 11.2 Å². The fourth-order valence-corrected chi connectivity index (χ4v) is 2.49. The molecular formula is C20H17ClFNO4. The van der Waals surface area contributed by atoms with E-state index in [9.17, 15) is 18.8 Å². The van der Waals surface area contributed by atoms with Crippen LogP contribution in [0.15, 0.2) is 28.7 Å². The molecule has 1 heterocycles. The van der Waals surface area contributed by atoms with E-state index in [0.29, 0.717) is 5.56 Å². The Morgan fingerprint density at radius 3 is 2.56 bits per heavy atom. The van der Waals surface area contributed by atoms with Gasteiger partial charge in [0.05, 0.1) is 16.1 Å². The minimum atomic E-state index is -1.01. The molecule has 140 valence electrons. The number of rotatable bonds is 6. The van der Waals surface area contributed by atoms with Crippen LogP contribution in [-0.4, -0.2) is 23.0 Å². The number of amides is 1. The van der Waals surface area contributed by atoms with Crippen LogP contribution in [0.2, 0.25) is 5.02 Å². The summed E-state index contributed by atoms with van der Waals surface area (Å²) in [7, 11) is 0. The van der Waals surface area contributed by atoms with Crippen molar-refractivity contribution in [1.29, 1.82) is 0 Å². The molecule has 0 unspecified atom stereocenters. The van der Waals surface area contributed by atoms with Crippen LogP contribution in [0.3, 0.4) is 0 Å². The molecule has 27 heavy (non-hydrogen) atoms. The summed E-state index contributed by atoms with van der Waals surface area (Å²) in [6, 6.07) is 5.18. The standard InChI is InChI=1S/C20H17ClFNO4/c1-5-20(3,4)23-19(26)18(25)17-10-13(11(2)27-17)16(24)9-12-6-7-15(22)14(21)8-12/h1,6-8,10H,9H2,2-4H3,(H,23,26). The van der Waals surface area contributed by atoms with Crippen LogP contribution in [0, 0.1) is 25.1 Å². The van der Waals surface area contributed by atoms with E-state index in [1.54, 1.807) is 13.8 Å². The zero-order valence-electron chi connectivity index (χ0n) is 15.0. The summed E-state index contributed by atoms with van der Waals surface area (Å²) in [6.45, 7) is 4.63. The fraction of sp³-hybridized carbons (Fsp3) is 0.250. The normalized spacial score (nSPS) is 11.0. The number of carbonyl (C=O) groups excluding carboxylic acids is 3. The Labute approximate surface area is 160 Å². The van der Waals surface area contributed by atoms with Crippen molar-refractivity contribution in [2.75, 3.05) is 0 Å². The van der Waals surface area contributed by atoms with E-state index >= 15 is 0 Å². The number of aryl methyl sites for hydroxylation is 1. The second kappa shape index (κ2) is 7.77. The summed E-state index contributed by atoms with van der Waals surface area (Å²) in [6.07, 6.45) is 5.21. The molecule has 1 aromatic heterocycles. The van der Waals surface area contributed by atoms with Gasteiger partial charge in [0.2, 0.25) is 0 Å². The zero-order valence-corrected chi connectivity index (χ0v) is 15.7. The van der Waals surface area contributed by atoms with Gasteiger partial charge in [-0.1, -0.05) is 23.6 Å². The molecule has 0 aliphatic carbocycles. The van der Waals surface area contributed by atoms with Gasteiger partial charge < -0.3 is 9.73 Å². The third kappa shape index (κ3) is 4.83. The van der Waals surface area contributed by atoms with Gasteiger partial charge in [0.15, 0.2) is 11.5 Å². The highest BCUT2D eigenvalue weighted by molar-refractivity contribution is 6.42. The highest BCUT2D eigenvalue weighted by atomic mass is 35.5. The molecule has 0 aliphatic heterocycles. The summed E-state index contributed by atoms with van der Waals surface area (Å²) in [4.78, 5) is 36.7. The van der Waals surface area contributed by atoms with Crippen LogP contribution >= 0.6 is 11.6 Å². The predicted molar refractivity (Wildman–Crippen MR) is 98.3 cm³/mol. The van der Waals surface area contributed by atoms with Crippen LogP contribution in [0.1, 0.15) is 46.1 Å². The van der Waals surface area contributed by atoms with E-state index in [0.717, 1.165) is 0 Å². The summed E-state index contributed by atoms with van der Waals surface area (Å²) in [5.74, 6) is -0.543. The third-order valence-corrected chi connectivity index (χ3v) is 4.07. The minimum Gasteiger partial charge on any atom is -0.457 e. The molecule has 1 N–H and O–H groups in total. The molecule has 0 saturated carbocycles. The Hall–Kier alpha value is -2.91. The smallest absolute Gasteiger partial charge is 0.296 e. The largest absolute Gasteiger partial charge is 0.457 e. The predicted octanol–water partition coefficient (Wildman–Crippen LogP) is 3.52. The summed E-state index contributed by atoms with van der Waals surface area (Å²) in [5.41, 5.74) is -0.342. The molecular weight excluding hydrogens is 373 g/mol. The van der Waals surface area contributed by atoms with Crippen molar-refractivity contribution in [3.05, 3.63) is 57.8 Å². The number of benzene rings is 1. The average Bonchev–Trinajstić information content (AvgIpc) is 2.99. The van der Waals surface area contributed by atoms with Crippen molar-refractivity contribution in [1.82, 2.24) is 5.32 Å². The minimum absolute atomic E-state index is 0.0652. The van der Waals surface area contributed by atoms with Gasteiger partial charge in [-0.2, -0.15) is 0 Å². The zero-order chi connectivity index (χ0) is 20.4. The number of Topliss-reactive ketones (excluding diaryl/α,β-unsaturated/α-hetero) is 2. The second-order valence-corrected chi connectivity index (χ2v) is 6.89. The molecule has 0 fully saturated rings. The lowest BCUT2D eigenvalue weighted by Crippen LogP contribution is -2.45. The molecule has 0 aliphatic rings. The molecule has 0 atom stereocenters. The van der Waals surface area contributed by atoms with E-state index < -0.39 is 23.0 Å². The van der Waals surface area contributed by atoms with Gasteiger partial charge >= 0.3 is 0 Å². The molecule has 0 spiro atoms. The van der Waals surface area contributed by atoms with Crippen molar-refractivity contribution in [3.8, 4) is 12.3 Å². The number of terminal acetylenes is 1. The Morgan fingerprint density at radius 2 is 1.96 bits per heavy atom. The van der Waals surface area contributed by atoms with Crippen molar-refractivity contribution in [2.45, 2.75) is 32.7 Å².